The second-order valence-electron chi connectivity index (χ2n) is 9.97. The molecule has 0 spiro atoms. The number of anilines is 1. The summed E-state index contributed by atoms with van der Waals surface area (Å²) < 4.78 is 5.35. The van der Waals surface area contributed by atoms with Crippen molar-refractivity contribution in [3.05, 3.63) is 77.6 Å². The number of aromatic amines is 1. The summed E-state index contributed by atoms with van der Waals surface area (Å²) in [4.78, 5) is 26.1. The highest BCUT2D eigenvalue weighted by Crippen LogP contribution is 2.37. The Morgan fingerprint density at radius 2 is 1.70 bits per heavy atom. The summed E-state index contributed by atoms with van der Waals surface area (Å²) in [5, 5.41) is 5.21. The zero-order chi connectivity index (χ0) is 26.6. The van der Waals surface area contributed by atoms with Gasteiger partial charge in [0, 0.05) is 67.1 Å². The maximum absolute atomic E-state index is 13.8. The molecule has 1 saturated heterocycles. The van der Waals surface area contributed by atoms with E-state index in [0.29, 0.717) is 30.7 Å². The average molecular weight is 605 g/mol. The summed E-state index contributed by atoms with van der Waals surface area (Å²) in [6.07, 6.45) is 3.86. The van der Waals surface area contributed by atoms with E-state index < -0.39 is 0 Å². The molecule has 0 aliphatic carbocycles. The molecule has 0 saturated carbocycles. The Bertz CT molecular complexity index is 1390. The van der Waals surface area contributed by atoms with Crippen LogP contribution < -0.4 is 15.0 Å². The normalized spacial score (nSPS) is 14.0. The predicted octanol–water partition coefficient (Wildman–Crippen LogP) is 6.17. The topological polar surface area (TPSA) is 73.5 Å². The molecule has 1 aliphatic heterocycles. The molecule has 3 heterocycles. The van der Waals surface area contributed by atoms with Gasteiger partial charge in [0.25, 0.3) is 0 Å². The fourth-order valence-corrected chi connectivity index (χ4v) is 5.21. The van der Waals surface area contributed by atoms with Crippen molar-refractivity contribution in [2.75, 3.05) is 44.7 Å². The van der Waals surface area contributed by atoms with Crippen molar-refractivity contribution in [3.63, 3.8) is 0 Å². The molecule has 1 atom stereocenters. The number of piperazine rings is 1. The van der Waals surface area contributed by atoms with E-state index >= 15 is 0 Å². The van der Waals surface area contributed by atoms with Crippen molar-refractivity contribution in [2.45, 2.75) is 25.8 Å². The number of fused-ring (bicyclic) bond motifs is 1. The third-order valence-corrected chi connectivity index (χ3v) is 7.42. The molecule has 4 aromatic rings. The molecule has 214 valence electrons. The molecular weight excluding hydrogens is 569 g/mol. The number of nitrogens with one attached hydrogen (secondary N) is 2. The molecule has 2 aromatic heterocycles. The Balaban J connectivity index is 0.00000220. The van der Waals surface area contributed by atoms with Crippen LogP contribution in [-0.4, -0.2) is 66.7 Å². The number of nitrogens with zero attached hydrogens (tertiary/aromatic N) is 3. The number of ether oxygens (including phenoxy) is 1. The van der Waals surface area contributed by atoms with Crippen LogP contribution in [0, 0.1) is 0 Å². The molecule has 1 fully saturated rings. The molecule has 2 aromatic carbocycles. The first-order valence-electron chi connectivity index (χ1n) is 13.1. The molecule has 0 radical (unpaired) electrons. The summed E-state index contributed by atoms with van der Waals surface area (Å²) in [6, 6.07) is 18.1. The van der Waals surface area contributed by atoms with Gasteiger partial charge in [-0.05, 0) is 41.5 Å². The van der Waals surface area contributed by atoms with Gasteiger partial charge >= 0.3 is 0 Å². The first-order chi connectivity index (χ1) is 18.4. The highest BCUT2D eigenvalue weighted by molar-refractivity contribution is 6.30. The molecule has 0 unspecified atom stereocenters. The van der Waals surface area contributed by atoms with Crippen molar-refractivity contribution < 1.29 is 9.53 Å². The van der Waals surface area contributed by atoms with Crippen LogP contribution >= 0.6 is 36.4 Å². The lowest BCUT2D eigenvalue weighted by molar-refractivity contribution is -0.133. The summed E-state index contributed by atoms with van der Waals surface area (Å²) in [5.41, 5.74) is 5.14. The third-order valence-electron chi connectivity index (χ3n) is 7.17. The number of halogens is 3. The van der Waals surface area contributed by atoms with Gasteiger partial charge in [-0.15, -0.1) is 24.8 Å². The number of hydrogen-bond donors (Lipinski definition) is 2. The zero-order valence-corrected chi connectivity index (χ0v) is 25.3. The van der Waals surface area contributed by atoms with Crippen LogP contribution in [0.1, 0.15) is 25.3 Å². The number of pyridine rings is 1. The van der Waals surface area contributed by atoms with E-state index in [4.69, 9.17) is 16.3 Å². The predicted molar refractivity (Wildman–Crippen MR) is 169 cm³/mol. The number of amides is 1. The van der Waals surface area contributed by atoms with Gasteiger partial charge in [-0.3, -0.25) is 4.79 Å². The van der Waals surface area contributed by atoms with E-state index in [1.165, 1.54) is 0 Å². The van der Waals surface area contributed by atoms with Gasteiger partial charge in [0.2, 0.25) is 5.91 Å². The molecule has 1 amide bonds. The Hall–Kier alpha value is -2.97. The standard InChI is InChI=1S/C30H34ClN5O2.2ClH/c1-20(2)33-19-27(22-4-8-23(31)9-5-22)30(37)36-16-14-35(15-17-36)28-25-12-13-32-29(25)34-18-26(28)21-6-10-24(38-3)11-7-21;;/h4-13,18,20,27,33H,14-17,19H2,1-3H3,(H,32,34);2*1H/t27-;;/m1../s1. The first-order valence-corrected chi connectivity index (χ1v) is 13.5. The van der Waals surface area contributed by atoms with Gasteiger partial charge in [-0.1, -0.05) is 49.7 Å². The Kier molecular flexibility index (Phi) is 11.1. The van der Waals surface area contributed by atoms with Crippen LogP contribution in [0.2, 0.25) is 5.02 Å². The Labute approximate surface area is 253 Å². The number of H-pyrrole nitrogens is 1. The summed E-state index contributed by atoms with van der Waals surface area (Å²) in [7, 11) is 1.67. The van der Waals surface area contributed by atoms with Gasteiger partial charge in [0.05, 0.1) is 18.7 Å². The quantitative estimate of drug-likeness (QED) is 0.252. The van der Waals surface area contributed by atoms with Gasteiger partial charge in [0.15, 0.2) is 0 Å². The SMILES string of the molecule is COc1ccc(-c2cnc3[nH]ccc3c2N2CCN(C(=O)[C@H](CNC(C)C)c3ccc(Cl)cc3)CC2)cc1.Cl.Cl. The Morgan fingerprint density at radius 1 is 1.02 bits per heavy atom. The molecule has 1 aliphatic rings. The van der Waals surface area contributed by atoms with Crippen LogP contribution in [0.3, 0.4) is 0 Å². The van der Waals surface area contributed by atoms with E-state index in [0.717, 1.165) is 52.3 Å². The van der Waals surface area contributed by atoms with Gasteiger partial charge < -0.3 is 24.8 Å². The van der Waals surface area contributed by atoms with E-state index in [1.54, 1.807) is 7.11 Å². The lowest BCUT2D eigenvalue weighted by Gasteiger charge is -2.38. The fraction of sp³-hybridized carbons (Fsp3) is 0.333. The molecule has 10 heteroatoms. The summed E-state index contributed by atoms with van der Waals surface area (Å²) in [6.45, 7) is 7.57. The minimum absolute atomic E-state index is 0. The summed E-state index contributed by atoms with van der Waals surface area (Å²) >= 11 is 6.12. The van der Waals surface area contributed by atoms with Crippen LogP contribution in [0.15, 0.2) is 67.0 Å². The Morgan fingerprint density at radius 3 is 2.33 bits per heavy atom. The average Bonchev–Trinajstić information content (AvgIpc) is 3.42. The van der Waals surface area contributed by atoms with Crippen LogP contribution in [0.5, 0.6) is 5.75 Å². The maximum Gasteiger partial charge on any atom is 0.231 e. The first kappa shape index (κ1) is 31.6. The number of carbonyl (C=O) groups is 1. The minimum Gasteiger partial charge on any atom is -0.497 e. The molecular formula is C30H36Cl3N5O2. The highest BCUT2D eigenvalue weighted by atomic mass is 35.5. The van der Waals surface area contributed by atoms with Crippen molar-refractivity contribution in [2.24, 2.45) is 0 Å². The van der Waals surface area contributed by atoms with Gasteiger partial charge in [0.1, 0.15) is 11.4 Å². The molecule has 2 N–H and O–H groups in total. The fourth-order valence-electron chi connectivity index (χ4n) is 5.08. The second-order valence-corrected chi connectivity index (χ2v) is 10.4. The van der Waals surface area contributed by atoms with E-state index in [9.17, 15) is 4.79 Å². The van der Waals surface area contributed by atoms with E-state index in [-0.39, 0.29) is 36.6 Å². The van der Waals surface area contributed by atoms with Crippen LogP contribution in [0.25, 0.3) is 22.2 Å². The number of hydrogen-bond acceptors (Lipinski definition) is 5. The summed E-state index contributed by atoms with van der Waals surface area (Å²) in [5.74, 6) is 0.714. The molecule has 40 heavy (non-hydrogen) atoms. The smallest absolute Gasteiger partial charge is 0.231 e. The highest BCUT2D eigenvalue weighted by Gasteiger charge is 2.30. The largest absolute Gasteiger partial charge is 0.497 e. The second kappa shape index (κ2) is 14.1. The number of rotatable bonds is 8. The lowest BCUT2D eigenvalue weighted by atomic mass is 9.96. The molecule has 0 bridgehead atoms. The maximum atomic E-state index is 13.8. The van der Waals surface area contributed by atoms with Gasteiger partial charge in [-0.25, -0.2) is 4.98 Å². The van der Waals surface area contributed by atoms with Crippen LogP contribution in [-0.2, 0) is 4.79 Å². The van der Waals surface area contributed by atoms with E-state index in [1.807, 2.05) is 53.7 Å². The van der Waals surface area contributed by atoms with Gasteiger partial charge in [-0.2, -0.15) is 0 Å². The van der Waals surface area contributed by atoms with Crippen molar-refractivity contribution in [1.82, 2.24) is 20.2 Å². The molecule has 5 rings (SSSR count). The van der Waals surface area contributed by atoms with Crippen molar-refractivity contribution >= 4 is 59.0 Å². The number of methoxy groups -OCH3 is 1. The molecule has 7 nitrogen and oxygen atoms in total. The number of aromatic nitrogens is 2. The lowest BCUT2D eigenvalue weighted by Crippen LogP contribution is -2.51. The number of carbonyl (C=O) groups excluding carboxylic acids is 1. The van der Waals surface area contributed by atoms with Crippen molar-refractivity contribution in [1.29, 1.82) is 0 Å². The zero-order valence-electron chi connectivity index (χ0n) is 22.9. The minimum atomic E-state index is -0.256. The van der Waals surface area contributed by atoms with Crippen molar-refractivity contribution in [3.8, 4) is 16.9 Å². The third kappa shape index (κ3) is 6.84. The van der Waals surface area contributed by atoms with Crippen LogP contribution in [0.4, 0.5) is 5.69 Å². The van der Waals surface area contributed by atoms with E-state index in [2.05, 4.69) is 52.2 Å². The number of benzene rings is 2. The monoisotopic (exact) mass is 603 g/mol.